The lowest BCUT2D eigenvalue weighted by molar-refractivity contribution is -0.155. The van der Waals surface area contributed by atoms with Gasteiger partial charge in [0.15, 0.2) is 0 Å². The zero-order valence-electron chi connectivity index (χ0n) is 20.3. The van der Waals surface area contributed by atoms with Crippen molar-refractivity contribution in [1.82, 2.24) is 20.4 Å². The summed E-state index contributed by atoms with van der Waals surface area (Å²) in [6, 6.07) is -2.59. The van der Waals surface area contributed by atoms with E-state index in [0.717, 1.165) is 0 Å². The van der Waals surface area contributed by atoms with Crippen LogP contribution in [0.4, 0.5) is 0 Å². The predicted octanol–water partition coefficient (Wildman–Crippen LogP) is 1.53. The molecule has 2 rings (SSSR count). The van der Waals surface area contributed by atoms with Crippen LogP contribution in [0.25, 0.3) is 0 Å². The van der Waals surface area contributed by atoms with Crippen molar-refractivity contribution in [2.45, 2.75) is 98.4 Å². The number of piperidine rings is 1. The Bertz CT molecular complexity index is 706. The molecular weight excluding hydrogens is 396 g/mol. The van der Waals surface area contributed by atoms with Crippen molar-refractivity contribution in [2.75, 3.05) is 6.54 Å². The SMILES string of the molecule is CC(C)CC1NC(=O)C(C)N(C(=O)C(C)C)C2CC(NC1=O)C(=O)N(C(C)C(C)C)C2. The Morgan fingerprint density at radius 2 is 1.61 bits per heavy atom. The Labute approximate surface area is 186 Å². The van der Waals surface area contributed by atoms with Gasteiger partial charge >= 0.3 is 0 Å². The van der Waals surface area contributed by atoms with Crippen LogP contribution in [0.3, 0.4) is 0 Å². The van der Waals surface area contributed by atoms with E-state index in [1.54, 1.807) is 16.7 Å². The van der Waals surface area contributed by atoms with Gasteiger partial charge in [0.25, 0.3) is 0 Å². The maximum Gasteiger partial charge on any atom is 0.245 e. The molecule has 31 heavy (non-hydrogen) atoms. The van der Waals surface area contributed by atoms with Crippen molar-refractivity contribution in [3.63, 3.8) is 0 Å². The monoisotopic (exact) mass is 436 g/mol. The maximum absolute atomic E-state index is 13.3. The fourth-order valence-corrected chi connectivity index (χ4v) is 4.39. The molecule has 2 bridgehead atoms. The van der Waals surface area contributed by atoms with Gasteiger partial charge in [-0.05, 0) is 38.5 Å². The molecule has 4 amide bonds. The minimum atomic E-state index is -0.742. The van der Waals surface area contributed by atoms with Crippen LogP contribution in [0.1, 0.15) is 68.2 Å². The molecule has 0 aromatic rings. The zero-order valence-corrected chi connectivity index (χ0v) is 20.3. The normalized spacial score (nSPS) is 28.7. The Kier molecular flexibility index (Phi) is 8.11. The number of likely N-dealkylation sites (tertiary alicyclic amines) is 1. The first kappa shape index (κ1) is 25.1. The number of carbonyl (C=O) groups excluding carboxylic acids is 4. The van der Waals surface area contributed by atoms with Gasteiger partial charge in [0.1, 0.15) is 18.1 Å². The van der Waals surface area contributed by atoms with Crippen molar-refractivity contribution in [3.8, 4) is 0 Å². The number of amides is 4. The highest BCUT2D eigenvalue weighted by atomic mass is 16.2. The molecule has 0 aromatic heterocycles. The van der Waals surface area contributed by atoms with Gasteiger partial charge in [0, 0.05) is 18.5 Å². The van der Waals surface area contributed by atoms with E-state index in [1.807, 2.05) is 48.5 Å². The molecule has 8 nitrogen and oxygen atoms in total. The molecule has 0 radical (unpaired) electrons. The second kappa shape index (κ2) is 10.0. The van der Waals surface area contributed by atoms with E-state index in [4.69, 9.17) is 0 Å². The minimum absolute atomic E-state index is 0.0516. The number of hydrogen-bond acceptors (Lipinski definition) is 4. The molecule has 2 saturated heterocycles. The van der Waals surface area contributed by atoms with Gasteiger partial charge in [-0.1, -0.05) is 41.5 Å². The lowest BCUT2D eigenvalue weighted by Gasteiger charge is -2.48. The number of rotatable bonds is 5. The van der Waals surface area contributed by atoms with Gasteiger partial charge in [-0.3, -0.25) is 19.2 Å². The summed E-state index contributed by atoms with van der Waals surface area (Å²) < 4.78 is 0. The van der Waals surface area contributed by atoms with Gasteiger partial charge in [-0.25, -0.2) is 0 Å². The van der Waals surface area contributed by atoms with E-state index >= 15 is 0 Å². The van der Waals surface area contributed by atoms with Crippen LogP contribution in [0.15, 0.2) is 0 Å². The maximum atomic E-state index is 13.3. The molecule has 0 aliphatic carbocycles. The summed E-state index contributed by atoms with van der Waals surface area (Å²) in [7, 11) is 0. The fraction of sp³-hybridized carbons (Fsp3) is 0.826. The third-order valence-corrected chi connectivity index (χ3v) is 6.55. The van der Waals surface area contributed by atoms with Gasteiger partial charge < -0.3 is 20.4 Å². The van der Waals surface area contributed by atoms with Crippen LogP contribution in [0, 0.1) is 17.8 Å². The summed E-state index contributed by atoms with van der Waals surface area (Å²) >= 11 is 0. The van der Waals surface area contributed by atoms with Crippen LogP contribution in [-0.2, 0) is 19.2 Å². The minimum Gasteiger partial charge on any atom is -0.343 e. The standard InChI is InChI=1S/C23H40N4O4/c1-12(2)9-18-21(29)25-19-10-17(11-26(23(19)31)15(7)13(3)4)27(22(30)14(5)6)16(8)20(28)24-18/h12-19H,9-11H2,1-8H3,(H,24,28)(H,25,29). The summed E-state index contributed by atoms with van der Waals surface area (Å²) in [6.45, 7) is 15.7. The third-order valence-electron chi connectivity index (χ3n) is 6.55. The zero-order chi connectivity index (χ0) is 23.6. The number of nitrogens with zero attached hydrogens (tertiary/aromatic N) is 2. The Balaban J connectivity index is 2.52. The first-order valence-electron chi connectivity index (χ1n) is 11.6. The number of fused-ring (bicyclic) bond motifs is 2. The van der Waals surface area contributed by atoms with Crippen molar-refractivity contribution in [1.29, 1.82) is 0 Å². The highest BCUT2D eigenvalue weighted by molar-refractivity contribution is 5.95. The highest BCUT2D eigenvalue weighted by Crippen LogP contribution is 2.26. The lowest BCUT2D eigenvalue weighted by atomic mass is 9.91. The second-order valence-corrected chi connectivity index (χ2v) is 10.2. The predicted molar refractivity (Wildman–Crippen MR) is 119 cm³/mol. The molecule has 2 heterocycles. The number of nitrogens with one attached hydrogen (secondary N) is 2. The Morgan fingerprint density at radius 1 is 1.00 bits per heavy atom. The van der Waals surface area contributed by atoms with Crippen molar-refractivity contribution < 1.29 is 19.2 Å². The summed E-state index contributed by atoms with van der Waals surface area (Å²) in [5.74, 6) is -0.810. The largest absolute Gasteiger partial charge is 0.343 e. The molecule has 0 spiro atoms. The van der Waals surface area contributed by atoms with Crippen molar-refractivity contribution >= 4 is 23.6 Å². The molecule has 2 aliphatic rings. The lowest BCUT2D eigenvalue weighted by Crippen LogP contribution is -2.68. The molecule has 176 valence electrons. The Hall–Kier alpha value is -2.12. The number of carbonyl (C=O) groups is 4. The second-order valence-electron chi connectivity index (χ2n) is 10.2. The average Bonchev–Trinajstić information content (AvgIpc) is 2.67. The van der Waals surface area contributed by atoms with Crippen LogP contribution in [-0.4, -0.2) is 70.2 Å². The first-order valence-corrected chi connectivity index (χ1v) is 11.6. The van der Waals surface area contributed by atoms with E-state index in [1.165, 1.54) is 0 Å². The average molecular weight is 437 g/mol. The Morgan fingerprint density at radius 3 is 2.13 bits per heavy atom. The summed E-state index contributed by atoms with van der Waals surface area (Å²) in [5, 5.41) is 5.72. The molecular formula is C23H40N4O4. The fourth-order valence-electron chi connectivity index (χ4n) is 4.39. The molecule has 2 fully saturated rings. The highest BCUT2D eigenvalue weighted by Gasteiger charge is 2.45. The first-order chi connectivity index (χ1) is 14.3. The molecule has 8 heteroatoms. The third kappa shape index (κ3) is 5.57. The molecule has 2 aliphatic heterocycles. The molecule has 5 unspecified atom stereocenters. The van der Waals surface area contributed by atoms with Crippen LogP contribution in [0.5, 0.6) is 0 Å². The topological polar surface area (TPSA) is 98.8 Å². The summed E-state index contributed by atoms with van der Waals surface area (Å²) in [6.07, 6.45) is 0.773. The van der Waals surface area contributed by atoms with E-state index in [-0.39, 0.29) is 53.5 Å². The van der Waals surface area contributed by atoms with Crippen LogP contribution < -0.4 is 10.6 Å². The van der Waals surface area contributed by atoms with Gasteiger partial charge in [-0.15, -0.1) is 0 Å². The van der Waals surface area contributed by atoms with E-state index in [9.17, 15) is 19.2 Å². The quantitative estimate of drug-likeness (QED) is 0.683. The van der Waals surface area contributed by atoms with Gasteiger partial charge in [0.05, 0.1) is 6.04 Å². The summed E-state index contributed by atoms with van der Waals surface area (Å²) in [5.41, 5.74) is 0. The van der Waals surface area contributed by atoms with Crippen LogP contribution in [0.2, 0.25) is 0 Å². The number of hydrogen-bond donors (Lipinski definition) is 2. The van der Waals surface area contributed by atoms with Gasteiger partial charge in [-0.2, -0.15) is 0 Å². The smallest absolute Gasteiger partial charge is 0.245 e. The molecule has 2 N–H and O–H groups in total. The van der Waals surface area contributed by atoms with E-state index in [0.29, 0.717) is 19.4 Å². The van der Waals surface area contributed by atoms with Crippen LogP contribution >= 0.6 is 0 Å². The van der Waals surface area contributed by atoms with E-state index in [2.05, 4.69) is 10.6 Å². The molecule has 0 saturated carbocycles. The molecule has 0 aromatic carbocycles. The van der Waals surface area contributed by atoms with E-state index < -0.39 is 18.1 Å². The summed E-state index contributed by atoms with van der Waals surface area (Å²) in [4.78, 5) is 56.0. The van der Waals surface area contributed by atoms with Gasteiger partial charge in [0.2, 0.25) is 23.6 Å². The molecule has 5 atom stereocenters. The van der Waals surface area contributed by atoms with Crippen molar-refractivity contribution in [2.24, 2.45) is 17.8 Å². The van der Waals surface area contributed by atoms with Crippen molar-refractivity contribution in [3.05, 3.63) is 0 Å².